The molecule has 0 heterocycles. The zero-order chi connectivity index (χ0) is 12.3. The van der Waals surface area contributed by atoms with Gasteiger partial charge in [0, 0.05) is 0 Å². The summed E-state index contributed by atoms with van der Waals surface area (Å²) in [4.78, 5) is 10.9. The first kappa shape index (κ1) is 17.1. The van der Waals surface area contributed by atoms with E-state index < -0.39 is 24.5 Å². The van der Waals surface area contributed by atoms with Crippen LogP contribution in [0, 0.1) is 0 Å². The molecule has 3 nitrogen and oxygen atoms in total. The van der Waals surface area contributed by atoms with Crippen molar-refractivity contribution in [3.05, 3.63) is 29.8 Å². The van der Waals surface area contributed by atoms with Crippen LogP contribution in [0.15, 0.2) is 24.3 Å². The Balaban J connectivity index is 0.00000256. The average molecular weight is 272 g/mol. The Morgan fingerprint density at radius 1 is 1.29 bits per heavy atom. The van der Waals surface area contributed by atoms with Gasteiger partial charge in [0.15, 0.2) is 6.10 Å². The van der Waals surface area contributed by atoms with Gasteiger partial charge in [-0.3, -0.25) is 0 Å². The third kappa shape index (κ3) is 4.72. The zero-order valence-corrected chi connectivity index (χ0v) is 12.5. The number of aliphatic hydroxyl groups is 1. The maximum Gasteiger partial charge on any atom is 1.00 e. The predicted octanol–water partition coefficient (Wildman–Crippen LogP) is -2.05. The fourth-order valence-electron chi connectivity index (χ4n) is 1.14. The molecule has 1 rings (SSSR count). The van der Waals surface area contributed by atoms with Crippen LogP contribution in [-0.4, -0.2) is 25.2 Å². The maximum atomic E-state index is 12.3. The van der Waals surface area contributed by atoms with Gasteiger partial charge >= 0.3 is 64.3 Å². The molecule has 17 heavy (non-hydrogen) atoms. The SMILES string of the molecule is COC(=O)C(O)c1ccc([B-](F)(F)F)cc1.[K+]. The molecule has 0 amide bonds. The molecule has 0 aromatic heterocycles. The first-order valence-corrected chi connectivity index (χ1v) is 4.42. The molecule has 0 fully saturated rings. The smallest absolute Gasteiger partial charge is 0.467 e. The fraction of sp³-hybridized carbons (Fsp3) is 0.222. The predicted molar refractivity (Wildman–Crippen MR) is 52.1 cm³/mol. The van der Waals surface area contributed by atoms with Crippen molar-refractivity contribution in [2.24, 2.45) is 0 Å². The molecular formula is C9H9BF3KO3. The molecule has 1 aromatic carbocycles. The Labute approximate surface area is 139 Å². The summed E-state index contributed by atoms with van der Waals surface area (Å²) in [5, 5.41) is 9.33. The van der Waals surface area contributed by atoms with Gasteiger partial charge in [-0.25, -0.2) is 4.79 Å². The Kier molecular flexibility index (Phi) is 6.97. The van der Waals surface area contributed by atoms with Crippen LogP contribution in [0.4, 0.5) is 12.9 Å². The Bertz CT molecular complexity index is 380. The van der Waals surface area contributed by atoms with Crippen molar-refractivity contribution in [3.8, 4) is 0 Å². The number of rotatable bonds is 3. The molecule has 0 radical (unpaired) electrons. The van der Waals surface area contributed by atoms with Crippen LogP contribution in [0.2, 0.25) is 0 Å². The standard InChI is InChI=1S/C9H9BF3O3.K/c1-16-9(15)8(14)6-2-4-7(5-3-6)10(11,12)13;/h2-5,8,14H,1H3;/q-1;+1. The van der Waals surface area contributed by atoms with E-state index in [0.29, 0.717) is 0 Å². The largest absolute Gasteiger partial charge is 1.00 e. The third-order valence-corrected chi connectivity index (χ3v) is 2.05. The van der Waals surface area contributed by atoms with Gasteiger partial charge < -0.3 is 22.8 Å². The van der Waals surface area contributed by atoms with Gasteiger partial charge in [0.25, 0.3) is 0 Å². The molecule has 0 saturated heterocycles. The van der Waals surface area contributed by atoms with E-state index in [1.54, 1.807) is 0 Å². The summed E-state index contributed by atoms with van der Waals surface area (Å²) in [7, 11) is 1.08. The first-order chi connectivity index (χ1) is 7.36. The molecule has 1 aromatic rings. The second-order valence-corrected chi connectivity index (χ2v) is 3.17. The number of hydrogen-bond acceptors (Lipinski definition) is 3. The van der Waals surface area contributed by atoms with Gasteiger partial charge in [0.1, 0.15) is 0 Å². The molecule has 88 valence electrons. The summed E-state index contributed by atoms with van der Waals surface area (Å²) in [5.41, 5.74) is -0.712. The van der Waals surface area contributed by atoms with Gasteiger partial charge in [0.05, 0.1) is 7.11 Å². The van der Waals surface area contributed by atoms with Crippen LogP contribution in [0.5, 0.6) is 0 Å². The number of hydrogen-bond donors (Lipinski definition) is 1. The number of esters is 1. The van der Waals surface area contributed by atoms with E-state index in [2.05, 4.69) is 4.74 Å². The Morgan fingerprint density at radius 3 is 2.12 bits per heavy atom. The number of carbonyl (C=O) groups excluding carboxylic acids is 1. The van der Waals surface area contributed by atoms with Gasteiger partial charge in [0.2, 0.25) is 0 Å². The molecule has 1 N–H and O–H groups in total. The monoisotopic (exact) mass is 272 g/mol. The Hall–Kier alpha value is 0.141. The molecule has 0 bridgehead atoms. The molecule has 1 atom stereocenters. The minimum atomic E-state index is -5.06. The van der Waals surface area contributed by atoms with Crippen molar-refractivity contribution in [2.45, 2.75) is 6.10 Å². The van der Waals surface area contributed by atoms with Crippen LogP contribution < -0.4 is 56.8 Å². The van der Waals surface area contributed by atoms with E-state index >= 15 is 0 Å². The quantitative estimate of drug-likeness (QED) is 0.509. The molecule has 0 aliphatic rings. The third-order valence-electron chi connectivity index (χ3n) is 2.05. The fourth-order valence-corrected chi connectivity index (χ4v) is 1.14. The average Bonchev–Trinajstić information content (AvgIpc) is 2.26. The molecule has 0 aliphatic carbocycles. The first-order valence-electron chi connectivity index (χ1n) is 4.42. The van der Waals surface area contributed by atoms with E-state index in [1.165, 1.54) is 0 Å². The van der Waals surface area contributed by atoms with Crippen molar-refractivity contribution >= 4 is 18.4 Å². The number of ether oxygens (including phenoxy) is 1. The van der Waals surface area contributed by atoms with Crippen LogP contribution in [0.3, 0.4) is 0 Å². The molecular weight excluding hydrogens is 263 g/mol. The van der Waals surface area contributed by atoms with Crippen molar-refractivity contribution in [2.75, 3.05) is 7.11 Å². The summed E-state index contributed by atoms with van der Waals surface area (Å²) in [6.45, 7) is -5.06. The molecule has 0 saturated carbocycles. The second-order valence-electron chi connectivity index (χ2n) is 3.17. The van der Waals surface area contributed by atoms with E-state index in [-0.39, 0.29) is 56.9 Å². The minimum absolute atomic E-state index is 0. The number of halogens is 3. The summed E-state index contributed by atoms with van der Waals surface area (Å²) in [5.74, 6) is -0.912. The van der Waals surface area contributed by atoms with Crippen LogP contribution in [0.25, 0.3) is 0 Å². The van der Waals surface area contributed by atoms with Gasteiger partial charge in [-0.1, -0.05) is 24.3 Å². The number of carbonyl (C=O) groups is 1. The molecule has 1 unspecified atom stereocenters. The van der Waals surface area contributed by atoms with Crippen LogP contribution in [-0.2, 0) is 9.53 Å². The van der Waals surface area contributed by atoms with Gasteiger partial charge in [-0.05, 0) is 5.56 Å². The molecule has 0 spiro atoms. The number of aliphatic hydroxyl groups excluding tert-OH is 1. The zero-order valence-electron chi connectivity index (χ0n) is 9.36. The van der Waals surface area contributed by atoms with Crippen molar-refractivity contribution < 1.29 is 79.0 Å². The van der Waals surface area contributed by atoms with E-state index in [4.69, 9.17) is 0 Å². The molecule has 0 aliphatic heterocycles. The van der Waals surface area contributed by atoms with E-state index in [9.17, 15) is 22.8 Å². The normalized spacial score (nSPS) is 12.5. The topological polar surface area (TPSA) is 46.5 Å². The maximum absolute atomic E-state index is 12.3. The van der Waals surface area contributed by atoms with E-state index in [1.807, 2.05) is 0 Å². The van der Waals surface area contributed by atoms with Gasteiger partial charge in [-0.2, -0.15) is 0 Å². The van der Waals surface area contributed by atoms with E-state index in [0.717, 1.165) is 31.4 Å². The summed E-state index contributed by atoms with van der Waals surface area (Å²) in [6, 6.07) is 3.74. The summed E-state index contributed by atoms with van der Waals surface area (Å²) in [6.07, 6.45) is -1.56. The minimum Gasteiger partial charge on any atom is -0.467 e. The summed E-state index contributed by atoms with van der Waals surface area (Å²) < 4.78 is 41.0. The number of benzene rings is 1. The van der Waals surface area contributed by atoms with Crippen molar-refractivity contribution in [3.63, 3.8) is 0 Å². The molecule has 8 heteroatoms. The summed E-state index contributed by atoms with van der Waals surface area (Å²) >= 11 is 0. The van der Waals surface area contributed by atoms with Crippen molar-refractivity contribution in [1.82, 2.24) is 0 Å². The Morgan fingerprint density at radius 2 is 1.76 bits per heavy atom. The van der Waals surface area contributed by atoms with Crippen LogP contribution >= 0.6 is 0 Å². The van der Waals surface area contributed by atoms with Crippen molar-refractivity contribution in [1.29, 1.82) is 0 Å². The van der Waals surface area contributed by atoms with Gasteiger partial charge in [-0.15, -0.1) is 5.46 Å². The second kappa shape index (κ2) is 6.91. The number of methoxy groups -OCH3 is 1. The van der Waals surface area contributed by atoms with Crippen LogP contribution in [0.1, 0.15) is 11.7 Å².